The number of hydrogen-bond donors (Lipinski definition) is 3. The van der Waals surface area contributed by atoms with Gasteiger partial charge in [-0.15, -0.1) is 0 Å². The predicted molar refractivity (Wildman–Crippen MR) is 97.1 cm³/mol. The van der Waals surface area contributed by atoms with E-state index in [0.29, 0.717) is 6.92 Å². The fourth-order valence-electron chi connectivity index (χ4n) is 1.74. The molecule has 7 heteroatoms. The number of hydrogen-bond acceptors (Lipinski definition) is 4. The van der Waals surface area contributed by atoms with E-state index in [1.807, 2.05) is 0 Å². The average Bonchev–Trinajstić information content (AvgIpc) is 2.88. The lowest BCUT2D eigenvalue weighted by Crippen LogP contribution is -2.51. The molecule has 3 atom stereocenters. The molecular weight excluding hydrogens is 334 g/mol. The van der Waals surface area contributed by atoms with Crippen molar-refractivity contribution in [2.24, 2.45) is 5.89 Å². The molecule has 0 radical (unpaired) electrons. The Kier molecular flexibility index (Phi) is 1.94. The highest BCUT2D eigenvalue weighted by Gasteiger charge is 2.32. The van der Waals surface area contributed by atoms with Crippen molar-refractivity contribution < 1.29 is 46.9 Å². The molecule has 0 fully saturated rings. The van der Waals surface area contributed by atoms with E-state index in [1.165, 1.54) is 10.6 Å². The van der Waals surface area contributed by atoms with Crippen LogP contribution >= 0.6 is 0 Å². The van der Waals surface area contributed by atoms with Crippen LogP contribution in [0, 0.1) is 5.89 Å². The zero-order valence-corrected chi connectivity index (χ0v) is 13.2. The maximum absolute atomic E-state index is 13.8. The van der Waals surface area contributed by atoms with Crippen molar-refractivity contribution in [3.05, 3.63) is 35.3 Å². The molecule has 0 bridgehead atoms. The van der Waals surface area contributed by atoms with Crippen molar-refractivity contribution in [1.82, 2.24) is 15.5 Å². The zero-order chi connectivity index (χ0) is 36.8. The summed E-state index contributed by atoms with van der Waals surface area (Å²) >= 11 is 0. The van der Waals surface area contributed by atoms with Crippen LogP contribution in [0.4, 0.5) is 0 Å². The van der Waals surface area contributed by atoms with Gasteiger partial charge < -0.3 is 20.6 Å². The largest absolute Gasteiger partial charge is 0.383 e. The first-order chi connectivity index (χ1) is 20.1. The predicted octanol–water partition coefficient (Wildman–Crippen LogP) is 0.380. The minimum absolute atomic E-state index is 0.453. The maximum atomic E-state index is 13.8. The summed E-state index contributed by atoms with van der Waals surface area (Å²) in [7, 11) is 0. The van der Waals surface area contributed by atoms with Crippen LogP contribution in [0.5, 0.6) is 0 Å². The monoisotopic (exact) mass is 381 g/mol. The van der Waals surface area contributed by atoms with Crippen molar-refractivity contribution in [2.45, 2.75) is 45.1 Å². The lowest BCUT2D eigenvalue weighted by molar-refractivity contribution is -0.137. The number of likely N-dealkylation sites (N-methyl/N-ethyl adjacent to an activating group) is 1. The number of nitrogens with one attached hydrogen (secondary N) is 2. The summed E-state index contributed by atoms with van der Waals surface area (Å²) in [5.41, 5.74) is -2.94. The second kappa shape index (κ2) is 8.31. The van der Waals surface area contributed by atoms with E-state index in [-0.39, 0.29) is 0 Å². The molecule has 1 aromatic rings. The van der Waals surface area contributed by atoms with E-state index in [1.54, 1.807) is 0 Å². The fraction of sp³-hybridized carbons (Fsp3) is 0.526. The summed E-state index contributed by atoms with van der Waals surface area (Å²) in [5.74, 6) is -10.4. The topological polar surface area (TPSA) is 98.7 Å². The summed E-state index contributed by atoms with van der Waals surface area (Å²) < 4.78 is 158. The van der Waals surface area contributed by atoms with Crippen molar-refractivity contribution in [2.75, 3.05) is 13.5 Å². The van der Waals surface area contributed by atoms with Gasteiger partial charge in [0.15, 0.2) is 0 Å². The summed E-state index contributed by atoms with van der Waals surface area (Å²) in [5, 5.41) is 13.2. The highest BCUT2D eigenvalue weighted by atomic mass is 16.3. The van der Waals surface area contributed by atoms with Gasteiger partial charge in [-0.1, -0.05) is 37.9 Å². The van der Waals surface area contributed by atoms with Crippen molar-refractivity contribution >= 4 is 17.7 Å². The molecule has 7 nitrogen and oxygen atoms in total. The van der Waals surface area contributed by atoms with E-state index < -0.39 is 116 Å². The van der Waals surface area contributed by atoms with E-state index in [0.717, 1.165) is 0 Å². The van der Waals surface area contributed by atoms with Gasteiger partial charge in [-0.25, -0.2) is 0 Å². The summed E-state index contributed by atoms with van der Waals surface area (Å²) in [6.45, 7) is -15.2. The van der Waals surface area contributed by atoms with Crippen LogP contribution < -0.4 is 10.6 Å². The number of aliphatic hydroxyl groups is 1. The molecule has 2 rings (SSSR count). The number of amides is 3. The lowest BCUT2D eigenvalue weighted by atomic mass is 9.99. The summed E-state index contributed by atoms with van der Waals surface area (Å²) in [6.07, 6.45) is -7.12. The Labute approximate surface area is 181 Å². The van der Waals surface area contributed by atoms with E-state index in [4.69, 9.17) is 27.4 Å². The third-order valence-corrected chi connectivity index (χ3v) is 3.06. The highest BCUT2D eigenvalue weighted by Crippen LogP contribution is 2.24. The molecule has 1 heterocycles. The molecule has 0 saturated carbocycles. The summed E-state index contributed by atoms with van der Waals surface area (Å²) in [4.78, 5) is 39.1. The molecule has 1 aromatic carbocycles. The van der Waals surface area contributed by atoms with Gasteiger partial charge >= 0.3 is 0 Å². The van der Waals surface area contributed by atoms with Crippen molar-refractivity contribution in [3.8, 4) is 0 Å². The van der Waals surface area contributed by atoms with Gasteiger partial charge in [0.25, 0.3) is 0 Å². The first-order valence-corrected chi connectivity index (χ1v) is 6.87. The average molecular weight is 382 g/mol. The molecule has 3 amide bonds. The van der Waals surface area contributed by atoms with Crippen LogP contribution in [0.1, 0.15) is 65.2 Å². The van der Waals surface area contributed by atoms with Crippen LogP contribution in [0.15, 0.2) is 24.2 Å². The fourth-order valence-corrected chi connectivity index (χ4v) is 1.74. The number of benzene rings is 1. The zero-order valence-electron chi connectivity index (χ0n) is 33.2. The molecule has 1 aliphatic rings. The van der Waals surface area contributed by atoms with Crippen LogP contribution in [-0.4, -0.2) is 53.3 Å². The molecule has 0 aliphatic carbocycles. The van der Waals surface area contributed by atoms with Gasteiger partial charge in [-0.2, -0.15) is 0 Å². The number of rotatable bonds is 5. The molecule has 3 N–H and O–H groups in total. The molecule has 26 heavy (non-hydrogen) atoms. The standard InChI is InChI=1S/C19H27N3O4/c1-11(2)16(23)18(25)20-12(3)17(24)21-15-14-8-6-5-7-13(14)9-10-22(4)19(15)26/h5-8,11-12,15-16,23H,9-10H2,1-4H3,(H,20,25)(H,21,24)/t12-,15-,16-/m0/s1/i1D3,2D3,4D3,5D,6D,7D,8D,9D2,10D2,11D,12D,15D. The second-order valence-corrected chi connectivity index (χ2v) is 4.89. The number of carbonyl (C=O) groups excluding carboxylic acids is 3. The molecule has 0 spiro atoms. The van der Waals surface area contributed by atoms with Gasteiger partial charge in [0.1, 0.15) is 18.1 Å². The van der Waals surface area contributed by atoms with Gasteiger partial charge in [0.2, 0.25) is 17.7 Å². The first kappa shape index (κ1) is 6.05. The Balaban J connectivity index is 2.83. The van der Waals surface area contributed by atoms with Crippen molar-refractivity contribution in [1.29, 1.82) is 0 Å². The molecule has 0 saturated heterocycles. The number of aliphatic hydroxyl groups excluding tert-OH is 1. The Morgan fingerprint density at radius 1 is 1.46 bits per heavy atom. The van der Waals surface area contributed by atoms with E-state index in [9.17, 15) is 19.5 Å². The smallest absolute Gasteiger partial charge is 0.249 e. The maximum Gasteiger partial charge on any atom is 0.249 e. The Hall–Kier alpha value is -2.41. The Bertz CT molecular complexity index is 1440. The van der Waals surface area contributed by atoms with Crippen molar-refractivity contribution in [3.63, 3.8) is 0 Å². The number of carbonyl (C=O) groups is 3. The Morgan fingerprint density at radius 2 is 2.19 bits per heavy atom. The van der Waals surface area contributed by atoms with E-state index >= 15 is 0 Å². The minimum atomic E-state index is -4.01. The highest BCUT2D eigenvalue weighted by molar-refractivity contribution is 5.93. The normalized spacial score (nSPS) is 40.4. The van der Waals surface area contributed by atoms with Gasteiger partial charge in [0.05, 0.1) is 8.22 Å². The summed E-state index contributed by atoms with van der Waals surface area (Å²) in [6, 6.07) is -12.4. The Morgan fingerprint density at radius 3 is 2.88 bits per heavy atom. The SMILES string of the molecule is [2H]c1c([2H])c([2H])c2c(c1[2H])C([2H])([2H])C([2H])([2H])N(C([2H])([2H])[2H])C(=O)[C@@]2([2H])NC(=O)[C@]([2H])(C)NC(=O)[C@@H](O)C([2H])(C([2H])([2H])[2H])C([2H])([2H])[2H]. The lowest BCUT2D eigenvalue weighted by Gasteiger charge is -2.24. The van der Waals surface area contributed by atoms with E-state index in [2.05, 4.69) is 0 Å². The number of fused-ring (bicyclic) bond motifs is 1. The molecule has 1 aliphatic heterocycles. The van der Waals surface area contributed by atoms with Gasteiger partial charge in [0, 0.05) is 32.7 Å². The van der Waals surface area contributed by atoms with Gasteiger partial charge in [-0.3, -0.25) is 14.4 Å². The quantitative estimate of drug-likeness (QED) is 0.687. The third-order valence-electron chi connectivity index (χ3n) is 3.06. The molecular formula is C19H27N3O4. The van der Waals surface area contributed by atoms with Gasteiger partial charge in [-0.05, 0) is 30.3 Å². The number of nitrogens with zero attached hydrogens (tertiary/aromatic N) is 1. The van der Waals surface area contributed by atoms with Crippen LogP contribution in [0.3, 0.4) is 0 Å². The van der Waals surface area contributed by atoms with Crippen LogP contribution in [0.2, 0.25) is 0 Å². The second-order valence-electron chi connectivity index (χ2n) is 4.89. The molecule has 0 aromatic heterocycles. The molecule has 0 unspecified atom stereocenters. The van der Waals surface area contributed by atoms with Crippen LogP contribution in [0.25, 0.3) is 0 Å². The first-order valence-electron chi connectivity index (χ1n) is 16.9. The third kappa shape index (κ3) is 4.40. The molecule has 142 valence electrons. The van der Waals surface area contributed by atoms with Crippen LogP contribution in [-0.2, 0) is 20.8 Å². The minimum Gasteiger partial charge on any atom is -0.383 e.